The van der Waals surface area contributed by atoms with E-state index in [1.807, 2.05) is 14.0 Å². The number of hydrogen-bond donors (Lipinski definition) is 1. The lowest BCUT2D eigenvalue weighted by molar-refractivity contribution is 0.126. The van der Waals surface area contributed by atoms with Gasteiger partial charge in [-0.25, -0.2) is 0 Å². The smallest absolute Gasteiger partial charge is 0.228 e. The van der Waals surface area contributed by atoms with Gasteiger partial charge < -0.3 is 14.6 Å². The molecule has 1 aromatic rings. The Morgan fingerprint density at radius 1 is 1.41 bits per heavy atom. The Bertz CT molecular complexity index is 331. The van der Waals surface area contributed by atoms with Gasteiger partial charge in [0.1, 0.15) is 6.61 Å². The van der Waals surface area contributed by atoms with E-state index in [1.165, 1.54) is 0 Å². The maximum Gasteiger partial charge on any atom is 0.228 e. The number of nitrogens with zero attached hydrogens (tertiary/aromatic N) is 2. The second kappa shape index (κ2) is 6.12. The van der Waals surface area contributed by atoms with Crippen LogP contribution in [-0.2, 0) is 17.8 Å². The zero-order valence-electron chi connectivity index (χ0n) is 11.4. The summed E-state index contributed by atoms with van der Waals surface area (Å²) in [4.78, 5) is 4.31. The summed E-state index contributed by atoms with van der Waals surface area (Å²) < 4.78 is 10.4. The average Bonchev–Trinajstić information content (AvgIpc) is 2.69. The van der Waals surface area contributed by atoms with E-state index in [0.29, 0.717) is 31.0 Å². The van der Waals surface area contributed by atoms with E-state index in [9.17, 15) is 0 Å². The summed E-state index contributed by atoms with van der Waals surface area (Å²) in [5.41, 5.74) is 0.156. The molecule has 0 aliphatic carbocycles. The molecule has 0 fully saturated rings. The number of nitrogens with one attached hydrogen (secondary N) is 1. The van der Waals surface area contributed by atoms with Gasteiger partial charge in [0.15, 0.2) is 5.82 Å². The second-order valence-corrected chi connectivity index (χ2v) is 5.15. The first-order valence-corrected chi connectivity index (χ1v) is 6.03. The minimum absolute atomic E-state index is 0.156. The van der Waals surface area contributed by atoms with E-state index in [0.717, 1.165) is 6.42 Å². The molecule has 0 bridgehead atoms. The molecule has 1 atom stereocenters. The van der Waals surface area contributed by atoms with Crippen molar-refractivity contribution in [1.82, 2.24) is 15.5 Å². The van der Waals surface area contributed by atoms with Gasteiger partial charge in [-0.1, -0.05) is 25.9 Å². The van der Waals surface area contributed by atoms with Crippen molar-refractivity contribution in [3.8, 4) is 0 Å². The van der Waals surface area contributed by atoms with Crippen molar-refractivity contribution in [1.29, 1.82) is 0 Å². The molecule has 17 heavy (non-hydrogen) atoms. The van der Waals surface area contributed by atoms with Crippen molar-refractivity contribution in [2.75, 3.05) is 13.7 Å². The normalized spacial score (nSPS) is 13.9. The Labute approximate surface area is 103 Å². The quantitative estimate of drug-likeness (QED) is 0.822. The SMILES string of the molecule is CCOCc1noc(CC(NC)C(C)(C)C)n1. The Kier molecular flexibility index (Phi) is 5.08. The third kappa shape index (κ3) is 4.44. The molecule has 0 radical (unpaired) electrons. The molecule has 0 saturated carbocycles. The minimum Gasteiger partial charge on any atom is -0.374 e. The van der Waals surface area contributed by atoms with Crippen molar-refractivity contribution < 1.29 is 9.26 Å². The summed E-state index contributed by atoms with van der Waals surface area (Å²) in [6.45, 7) is 9.57. The molecule has 1 rings (SSSR count). The van der Waals surface area contributed by atoms with Crippen molar-refractivity contribution in [2.45, 2.75) is 46.8 Å². The topological polar surface area (TPSA) is 60.2 Å². The van der Waals surface area contributed by atoms with Crippen molar-refractivity contribution in [3.63, 3.8) is 0 Å². The molecule has 1 heterocycles. The lowest BCUT2D eigenvalue weighted by Gasteiger charge is -2.29. The maximum absolute atomic E-state index is 5.23. The van der Waals surface area contributed by atoms with Gasteiger partial charge in [0.2, 0.25) is 5.89 Å². The molecule has 0 aromatic carbocycles. The van der Waals surface area contributed by atoms with Crippen LogP contribution in [0.5, 0.6) is 0 Å². The Balaban J connectivity index is 2.58. The van der Waals surface area contributed by atoms with Crippen LogP contribution < -0.4 is 5.32 Å². The molecule has 0 aliphatic heterocycles. The average molecular weight is 241 g/mol. The first-order chi connectivity index (χ1) is 7.97. The highest BCUT2D eigenvalue weighted by Crippen LogP contribution is 2.21. The summed E-state index contributed by atoms with van der Waals surface area (Å²) in [6.07, 6.45) is 0.735. The van der Waals surface area contributed by atoms with E-state index in [2.05, 4.69) is 36.2 Å². The number of rotatable bonds is 6. The van der Waals surface area contributed by atoms with E-state index >= 15 is 0 Å². The van der Waals surface area contributed by atoms with Crippen LogP contribution >= 0.6 is 0 Å². The standard InChI is InChI=1S/C12H23N3O2/c1-6-16-8-10-14-11(17-15-10)7-9(13-5)12(2,3)4/h9,13H,6-8H2,1-5H3. The lowest BCUT2D eigenvalue weighted by atomic mass is 9.85. The molecule has 0 amide bonds. The molecule has 1 N–H and O–H groups in total. The highest BCUT2D eigenvalue weighted by Gasteiger charge is 2.25. The third-order valence-electron chi connectivity index (χ3n) is 2.72. The number of likely N-dealkylation sites (N-methyl/N-ethyl adjacent to an activating group) is 1. The number of ether oxygens (including phenoxy) is 1. The molecule has 1 aromatic heterocycles. The fraction of sp³-hybridized carbons (Fsp3) is 0.833. The highest BCUT2D eigenvalue weighted by molar-refractivity contribution is 4.92. The lowest BCUT2D eigenvalue weighted by Crippen LogP contribution is -2.39. The summed E-state index contributed by atoms with van der Waals surface area (Å²) >= 11 is 0. The molecule has 5 heteroatoms. The van der Waals surface area contributed by atoms with Gasteiger partial charge in [-0.05, 0) is 19.4 Å². The van der Waals surface area contributed by atoms with E-state index in [4.69, 9.17) is 9.26 Å². The van der Waals surface area contributed by atoms with Gasteiger partial charge in [0, 0.05) is 19.1 Å². The zero-order valence-corrected chi connectivity index (χ0v) is 11.4. The van der Waals surface area contributed by atoms with Crippen LogP contribution in [0.2, 0.25) is 0 Å². The molecule has 0 spiro atoms. The Morgan fingerprint density at radius 2 is 2.12 bits per heavy atom. The van der Waals surface area contributed by atoms with Gasteiger partial charge in [0.05, 0.1) is 0 Å². The van der Waals surface area contributed by atoms with Crippen LogP contribution in [-0.4, -0.2) is 29.8 Å². The van der Waals surface area contributed by atoms with Crippen LogP contribution in [0, 0.1) is 5.41 Å². The minimum atomic E-state index is 0.156. The van der Waals surface area contributed by atoms with Crippen LogP contribution in [0.15, 0.2) is 4.52 Å². The molecule has 1 unspecified atom stereocenters. The van der Waals surface area contributed by atoms with Crippen molar-refractivity contribution >= 4 is 0 Å². The zero-order chi connectivity index (χ0) is 12.9. The van der Waals surface area contributed by atoms with Crippen LogP contribution in [0.25, 0.3) is 0 Å². The van der Waals surface area contributed by atoms with Crippen molar-refractivity contribution in [2.24, 2.45) is 5.41 Å². The largest absolute Gasteiger partial charge is 0.374 e. The van der Waals surface area contributed by atoms with Gasteiger partial charge in [-0.15, -0.1) is 0 Å². The van der Waals surface area contributed by atoms with E-state index in [1.54, 1.807) is 0 Å². The molecular weight excluding hydrogens is 218 g/mol. The van der Waals surface area contributed by atoms with Gasteiger partial charge in [-0.3, -0.25) is 0 Å². The van der Waals surface area contributed by atoms with Crippen LogP contribution in [0.3, 0.4) is 0 Å². The van der Waals surface area contributed by atoms with E-state index in [-0.39, 0.29) is 5.41 Å². The van der Waals surface area contributed by atoms with Crippen LogP contribution in [0.1, 0.15) is 39.4 Å². The molecule has 0 aliphatic rings. The molecule has 5 nitrogen and oxygen atoms in total. The fourth-order valence-corrected chi connectivity index (χ4v) is 1.64. The Hall–Kier alpha value is -0.940. The predicted octanol–water partition coefficient (Wildman–Crippen LogP) is 1.78. The summed E-state index contributed by atoms with van der Waals surface area (Å²) in [5, 5.41) is 7.17. The van der Waals surface area contributed by atoms with Crippen molar-refractivity contribution in [3.05, 3.63) is 11.7 Å². The fourth-order valence-electron chi connectivity index (χ4n) is 1.64. The summed E-state index contributed by atoms with van der Waals surface area (Å²) in [7, 11) is 1.95. The summed E-state index contributed by atoms with van der Waals surface area (Å²) in [5.74, 6) is 1.28. The van der Waals surface area contributed by atoms with Gasteiger partial charge >= 0.3 is 0 Å². The molecule has 98 valence electrons. The molecule has 0 saturated heterocycles. The Morgan fingerprint density at radius 3 is 2.65 bits per heavy atom. The van der Waals surface area contributed by atoms with Gasteiger partial charge in [-0.2, -0.15) is 4.98 Å². The second-order valence-electron chi connectivity index (χ2n) is 5.15. The predicted molar refractivity (Wildman–Crippen MR) is 65.6 cm³/mol. The number of aromatic nitrogens is 2. The highest BCUT2D eigenvalue weighted by atomic mass is 16.5. The molecular formula is C12H23N3O2. The first kappa shape index (κ1) is 14.1. The summed E-state index contributed by atoms with van der Waals surface area (Å²) in [6, 6.07) is 0.308. The third-order valence-corrected chi connectivity index (χ3v) is 2.72. The van der Waals surface area contributed by atoms with Gasteiger partial charge in [0.25, 0.3) is 0 Å². The number of hydrogen-bond acceptors (Lipinski definition) is 5. The van der Waals surface area contributed by atoms with E-state index < -0.39 is 0 Å². The first-order valence-electron chi connectivity index (χ1n) is 6.03. The monoisotopic (exact) mass is 241 g/mol. The van der Waals surface area contributed by atoms with Crippen LogP contribution in [0.4, 0.5) is 0 Å². The maximum atomic E-state index is 5.23.